The monoisotopic (exact) mass is 298 g/mol. The van der Waals surface area contributed by atoms with Gasteiger partial charge in [-0.2, -0.15) is 0 Å². The topological polar surface area (TPSA) is 124 Å². The summed E-state index contributed by atoms with van der Waals surface area (Å²) < 4.78 is 17.1. The molecular weight excluding hydrogens is 275 g/mol. The van der Waals surface area contributed by atoms with Crippen LogP contribution in [0.4, 0.5) is 0 Å². The Morgan fingerprint density at radius 1 is 1.21 bits per heavy atom. The van der Waals surface area contributed by atoms with Crippen LogP contribution in [-0.2, 0) is 14.1 Å². The van der Waals surface area contributed by atoms with Gasteiger partial charge in [-0.3, -0.25) is 4.57 Å². The average molecular weight is 298 g/mol. The first-order valence-electron chi connectivity index (χ1n) is 6.02. The molecule has 8 heteroatoms. The van der Waals surface area contributed by atoms with Crippen molar-refractivity contribution in [3.05, 3.63) is 0 Å². The van der Waals surface area contributed by atoms with Crippen molar-refractivity contribution in [1.29, 1.82) is 0 Å². The van der Waals surface area contributed by atoms with E-state index in [1.807, 2.05) is 0 Å². The van der Waals surface area contributed by atoms with Crippen molar-refractivity contribution in [2.45, 2.75) is 45.2 Å². The molecule has 0 aliphatic heterocycles. The number of hydrogen-bond donors (Lipinski definition) is 4. The van der Waals surface area contributed by atoms with E-state index < -0.39 is 43.6 Å². The van der Waals surface area contributed by atoms with Crippen molar-refractivity contribution in [3.63, 3.8) is 0 Å². The zero-order chi connectivity index (χ0) is 15.4. The Kier molecular flexibility index (Phi) is 6.82. The number of aliphatic hydroxyl groups is 2. The fraction of sp³-hybridized carbons (Fsp3) is 0.909. The third-order valence-electron chi connectivity index (χ3n) is 3.14. The van der Waals surface area contributed by atoms with Crippen LogP contribution in [0.2, 0.25) is 0 Å². The van der Waals surface area contributed by atoms with Crippen LogP contribution in [-0.4, -0.2) is 50.4 Å². The van der Waals surface area contributed by atoms with Crippen molar-refractivity contribution in [3.8, 4) is 0 Å². The van der Waals surface area contributed by atoms with Gasteiger partial charge in [0.1, 0.15) is 12.2 Å². The van der Waals surface area contributed by atoms with Gasteiger partial charge in [-0.25, -0.2) is 0 Å². The van der Waals surface area contributed by atoms with Gasteiger partial charge in [0, 0.05) is 0 Å². The largest absolute Gasteiger partial charge is 0.394 e. The minimum absolute atomic E-state index is 0.232. The zero-order valence-corrected chi connectivity index (χ0v) is 12.4. The second kappa shape index (κ2) is 6.92. The highest BCUT2D eigenvalue weighted by molar-refractivity contribution is 7.53. The van der Waals surface area contributed by atoms with Gasteiger partial charge in [0.15, 0.2) is 11.6 Å². The fourth-order valence-corrected chi connectivity index (χ4v) is 3.80. The molecule has 0 aromatic heterocycles. The number of aliphatic hydroxyl groups excluding tert-OH is 2. The highest BCUT2D eigenvalue weighted by Gasteiger charge is 2.55. The van der Waals surface area contributed by atoms with Gasteiger partial charge in [-0.05, 0) is 11.8 Å². The van der Waals surface area contributed by atoms with Crippen LogP contribution in [0.5, 0.6) is 0 Å². The maximum absolute atomic E-state index is 11.8. The number of rotatable bonds is 8. The number of aldehydes is 1. The summed E-state index contributed by atoms with van der Waals surface area (Å²) in [6.07, 6.45) is -2.79. The van der Waals surface area contributed by atoms with Crippen molar-refractivity contribution >= 4 is 13.9 Å². The Morgan fingerprint density at radius 2 is 1.63 bits per heavy atom. The summed E-state index contributed by atoms with van der Waals surface area (Å²) in [6, 6.07) is 0. The van der Waals surface area contributed by atoms with Crippen LogP contribution < -0.4 is 0 Å². The van der Waals surface area contributed by atoms with Crippen molar-refractivity contribution in [1.82, 2.24) is 0 Å². The molecule has 7 nitrogen and oxygen atoms in total. The van der Waals surface area contributed by atoms with Gasteiger partial charge in [0.25, 0.3) is 0 Å². The maximum Gasteiger partial charge on any atom is 0.357 e. The normalized spacial score (nSPS) is 16.7. The molecule has 0 rings (SSSR count). The molecule has 0 aromatic carbocycles. The molecule has 114 valence electrons. The van der Waals surface area contributed by atoms with E-state index in [2.05, 4.69) is 0 Å². The first-order valence-corrected chi connectivity index (χ1v) is 7.63. The van der Waals surface area contributed by atoms with E-state index in [4.69, 9.17) is 9.84 Å². The van der Waals surface area contributed by atoms with Crippen molar-refractivity contribution in [2.75, 3.05) is 6.61 Å². The lowest BCUT2D eigenvalue weighted by Crippen LogP contribution is -2.49. The predicted octanol–water partition coefficient (Wildman–Crippen LogP) is 0.110. The van der Waals surface area contributed by atoms with Crippen molar-refractivity contribution in [2.24, 2.45) is 11.8 Å². The van der Waals surface area contributed by atoms with Gasteiger partial charge in [0.05, 0.1) is 6.61 Å². The minimum atomic E-state index is -4.71. The molecule has 0 radical (unpaired) electrons. The molecule has 2 atom stereocenters. The number of carbonyl (C=O) groups is 1. The van der Waals surface area contributed by atoms with Gasteiger partial charge in [0.2, 0.25) is 0 Å². The molecule has 4 N–H and O–H groups in total. The molecule has 19 heavy (non-hydrogen) atoms. The van der Waals surface area contributed by atoms with Gasteiger partial charge in [-0.1, -0.05) is 27.7 Å². The molecule has 0 aliphatic rings. The van der Waals surface area contributed by atoms with E-state index in [-0.39, 0.29) is 6.29 Å². The molecule has 0 amide bonds. The third-order valence-corrected chi connectivity index (χ3v) is 5.18. The molecule has 0 spiro atoms. The third kappa shape index (κ3) is 3.84. The zero-order valence-electron chi connectivity index (χ0n) is 11.6. The summed E-state index contributed by atoms with van der Waals surface area (Å²) in [6.45, 7) is 5.51. The van der Waals surface area contributed by atoms with E-state index in [0.717, 1.165) is 0 Å². The van der Waals surface area contributed by atoms with E-state index >= 15 is 0 Å². The Bertz CT molecular complexity index is 328. The van der Waals surface area contributed by atoms with Crippen LogP contribution in [0, 0.1) is 11.8 Å². The number of ether oxygens (including phenoxy) is 1. The molecule has 0 unspecified atom stereocenters. The fourth-order valence-electron chi connectivity index (χ4n) is 2.20. The first kappa shape index (κ1) is 18.7. The minimum Gasteiger partial charge on any atom is -0.394 e. The summed E-state index contributed by atoms with van der Waals surface area (Å²) in [5, 5.41) is 16.4. The average Bonchev–Trinajstić information content (AvgIpc) is 2.26. The Morgan fingerprint density at radius 3 is 1.84 bits per heavy atom. The van der Waals surface area contributed by atoms with Crippen LogP contribution >= 0.6 is 7.60 Å². The second-order valence-corrected chi connectivity index (χ2v) is 6.86. The second-order valence-electron chi connectivity index (χ2n) is 5.07. The molecule has 0 aliphatic carbocycles. The molecular formula is C11H23O7P. The summed E-state index contributed by atoms with van der Waals surface area (Å²) in [5.41, 5.74) is 0. The number of carbonyl (C=O) groups excluding carboxylic acids is 1. The standard InChI is InChI=1S/C11H23O7P/c1-7(2)11(8(3)4,19(15,16)17)18-10(6-13)9(14)5-12/h6-10,12,14H,5H2,1-4H3,(H2,15,16,17)/t9-,10-/m0/s1. The molecule has 0 saturated carbocycles. The van der Waals surface area contributed by atoms with E-state index in [0.29, 0.717) is 0 Å². The van der Waals surface area contributed by atoms with Crippen LogP contribution in [0.15, 0.2) is 0 Å². The summed E-state index contributed by atoms with van der Waals surface area (Å²) >= 11 is 0. The number of hydrogen-bond acceptors (Lipinski definition) is 5. The molecule has 0 bridgehead atoms. The SMILES string of the molecule is CC(C)C(O[C@@H](C=O)[C@@H](O)CO)(C(C)C)P(=O)(O)O. The lowest BCUT2D eigenvalue weighted by atomic mass is 9.94. The first-order chi connectivity index (χ1) is 8.54. The van der Waals surface area contributed by atoms with E-state index in [1.165, 1.54) is 0 Å². The van der Waals surface area contributed by atoms with E-state index in [1.54, 1.807) is 27.7 Å². The summed E-state index contributed by atoms with van der Waals surface area (Å²) in [7, 11) is -4.71. The smallest absolute Gasteiger partial charge is 0.357 e. The Hall–Kier alpha value is -0.300. The van der Waals surface area contributed by atoms with Crippen LogP contribution in [0.25, 0.3) is 0 Å². The highest BCUT2D eigenvalue weighted by Crippen LogP contribution is 2.59. The summed E-state index contributed by atoms with van der Waals surface area (Å²) in [5.74, 6) is -1.19. The van der Waals surface area contributed by atoms with Gasteiger partial charge < -0.3 is 29.5 Å². The molecule has 0 aromatic rings. The van der Waals surface area contributed by atoms with Crippen molar-refractivity contribution < 1.29 is 34.1 Å². The van der Waals surface area contributed by atoms with Crippen LogP contribution in [0.3, 0.4) is 0 Å². The Labute approximate surface area is 112 Å². The Balaban J connectivity index is 5.62. The lowest BCUT2D eigenvalue weighted by Gasteiger charge is -2.43. The van der Waals surface area contributed by atoms with E-state index in [9.17, 15) is 24.3 Å². The molecule has 0 heterocycles. The summed E-state index contributed by atoms with van der Waals surface area (Å²) in [4.78, 5) is 30.1. The molecule has 0 fully saturated rings. The van der Waals surface area contributed by atoms with Gasteiger partial charge >= 0.3 is 7.60 Å². The van der Waals surface area contributed by atoms with Gasteiger partial charge in [-0.15, -0.1) is 0 Å². The van der Waals surface area contributed by atoms with Crippen LogP contribution in [0.1, 0.15) is 27.7 Å². The quantitative estimate of drug-likeness (QED) is 0.370. The lowest BCUT2D eigenvalue weighted by molar-refractivity contribution is -0.157. The molecule has 0 saturated heterocycles. The predicted molar refractivity (Wildman–Crippen MR) is 68.5 cm³/mol. The maximum atomic E-state index is 11.8. The highest BCUT2D eigenvalue weighted by atomic mass is 31.2.